The molecular formula is C13H22OS. The van der Waals surface area contributed by atoms with Gasteiger partial charge in [0.05, 0.1) is 4.90 Å². The van der Waals surface area contributed by atoms with E-state index in [9.17, 15) is 0 Å². The van der Waals surface area contributed by atoms with E-state index >= 15 is 0 Å². The zero-order valence-electron chi connectivity index (χ0n) is 10.7. The Hall–Kier alpha value is -0.370. The van der Waals surface area contributed by atoms with Gasteiger partial charge in [0.2, 0.25) is 0 Å². The van der Waals surface area contributed by atoms with E-state index in [2.05, 4.69) is 41.5 Å². The molecule has 0 bridgehead atoms. The van der Waals surface area contributed by atoms with Crippen molar-refractivity contribution in [3.63, 3.8) is 0 Å². The predicted octanol–water partition coefficient (Wildman–Crippen LogP) is 4.70. The van der Waals surface area contributed by atoms with Crippen LogP contribution in [0.1, 0.15) is 51.2 Å². The summed E-state index contributed by atoms with van der Waals surface area (Å²) in [4.78, 5) is 1.36. The Labute approximate surface area is 97.6 Å². The first-order valence-corrected chi connectivity index (χ1v) is 6.59. The summed E-state index contributed by atoms with van der Waals surface area (Å²) in [5, 5.41) is 0. The largest absolute Gasteiger partial charge is 0.464 e. The first-order chi connectivity index (χ1) is 6.88. The average molecular weight is 226 g/mol. The van der Waals surface area contributed by atoms with Gasteiger partial charge in [-0.1, -0.05) is 27.7 Å². The molecule has 0 N–H and O–H groups in total. The number of hydrogen-bond donors (Lipinski definition) is 0. The molecule has 1 aromatic rings. The molecule has 0 saturated heterocycles. The molecule has 0 aliphatic rings. The molecule has 1 heterocycles. The van der Waals surface area contributed by atoms with Crippen molar-refractivity contribution in [1.29, 1.82) is 0 Å². The Morgan fingerprint density at radius 3 is 2.27 bits per heavy atom. The van der Waals surface area contributed by atoms with Crippen molar-refractivity contribution >= 4 is 11.8 Å². The van der Waals surface area contributed by atoms with E-state index in [0.29, 0.717) is 0 Å². The highest BCUT2D eigenvalue weighted by Crippen LogP contribution is 2.38. The quantitative estimate of drug-likeness (QED) is 0.693. The van der Waals surface area contributed by atoms with Crippen LogP contribution in [0.25, 0.3) is 0 Å². The van der Waals surface area contributed by atoms with Crippen LogP contribution in [0.15, 0.2) is 9.31 Å². The summed E-state index contributed by atoms with van der Waals surface area (Å²) in [6, 6.07) is 0. The summed E-state index contributed by atoms with van der Waals surface area (Å²) in [7, 11) is 0. The lowest BCUT2D eigenvalue weighted by atomic mass is 9.93. The highest BCUT2D eigenvalue weighted by atomic mass is 32.2. The van der Waals surface area contributed by atoms with Crippen LogP contribution >= 0.6 is 11.8 Å². The Morgan fingerprint density at radius 2 is 1.80 bits per heavy atom. The predicted molar refractivity (Wildman–Crippen MR) is 67.9 cm³/mol. The smallest absolute Gasteiger partial charge is 0.123 e. The Bertz CT molecular complexity index is 331. The van der Waals surface area contributed by atoms with E-state index in [1.54, 1.807) is 0 Å². The molecule has 0 saturated carbocycles. The van der Waals surface area contributed by atoms with Crippen molar-refractivity contribution in [3.8, 4) is 0 Å². The maximum atomic E-state index is 5.89. The third kappa shape index (κ3) is 2.81. The normalized spacial score (nSPS) is 12.1. The second kappa shape index (κ2) is 4.65. The van der Waals surface area contributed by atoms with Gasteiger partial charge in [0.25, 0.3) is 0 Å². The summed E-state index contributed by atoms with van der Waals surface area (Å²) in [5.74, 6) is 3.39. The monoisotopic (exact) mass is 226 g/mol. The van der Waals surface area contributed by atoms with Crippen LogP contribution in [-0.4, -0.2) is 5.75 Å². The summed E-state index contributed by atoms with van der Waals surface area (Å²) in [6.45, 7) is 13.1. The van der Waals surface area contributed by atoms with E-state index in [4.69, 9.17) is 4.42 Å². The van der Waals surface area contributed by atoms with Gasteiger partial charge < -0.3 is 4.42 Å². The van der Waals surface area contributed by atoms with Crippen molar-refractivity contribution in [2.45, 2.75) is 58.3 Å². The van der Waals surface area contributed by atoms with Crippen molar-refractivity contribution in [2.75, 3.05) is 5.75 Å². The molecule has 1 rings (SSSR count). The van der Waals surface area contributed by atoms with Gasteiger partial charge in [0.15, 0.2) is 0 Å². The number of thioether (sulfide) groups is 1. The standard InChI is InChI=1S/C13H22OS/c1-7-8-15-11-9(2)10(3)14-12(11)13(4,5)6/h7-8H2,1-6H3. The zero-order chi connectivity index (χ0) is 11.6. The lowest BCUT2D eigenvalue weighted by Gasteiger charge is -2.17. The highest BCUT2D eigenvalue weighted by molar-refractivity contribution is 7.99. The Kier molecular flexibility index (Phi) is 3.93. The molecule has 2 heteroatoms. The van der Waals surface area contributed by atoms with Gasteiger partial charge in [0.1, 0.15) is 11.5 Å². The third-order valence-corrected chi connectivity index (χ3v) is 3.85. The van der Waals surface area contributed by atoms with Gasteiger partial charge in [0, 0.05) is 11.0 Å². The molecule has 15 heavy (non-hydrogen) atoms. The maximum absolute atomic E-state index is 5.89. The van der Waals surface area contributed by atoms with Crippen LogP contribution in [0.3, 0.4) is 0 Å². The van der Waals surface area contributed by atoms with E-state index in [-0.39, 0.29) is 5.41 Å². The van der Waals surface area contributed by atoms with Crippen LogP contribution in [0.2, 0.25) is 0 Å². The van der Waals surface area contributed by atoms with Crippen molar-refractivity contribution in [3.05, 3.63) is 17.1 Å². The fourth-order valence-corrected chi connectivity index (χ4v) is 2.73. The van der Waals surface area contributed by atoms with E-state index < -0.39 is 0 Å². The number of hydrogen-bond acceptors (Lipinski definition) is 2. The van der Waals surface area contributed by atoms with Crippen molar-refractivity contribution < 1.29 is 4.42 Å². The molecule has 0 radical (unpaired) electrons. The number of aryl methyl sites for hydroxylation is 1. The van der Waals surface area contributed by atoms with Crippen LogP contribution in [0.4, 0.5) is 0 Å². The minimum Gasteiger partial charge on any atom is -0.464 e. The summed E-state index contributed by atoms with van der Waals surface area (Å²) in [6.07, 6.45) is 1.21. The van der Waals surface area contributed by atoms with Crippen molar-refractivity contribution in [1.82, 2.24) is 0 Å². The molecule has 0 aliphatic heterocycles. The average Bonchev–Trinajstić information content (AvgIpc) is 2.40. The molecular weight excluding hydrogens is 204 g/mol. The molecule has 86 valence electrons. The van der Waals surface area contributed by atoms with Gasteiger partial charge in [-0.15, -0.1) is 11.8 Å². The lowest BCUT2D eigenvalue weighted by Crippen LogP contribution is -2.11. The lowest BCUT2D eigenvalue weighted by molar-refractivity contribution is 0.386. The van der Waals surface area contributed by atoms with E-state index in [1.807, 2.05) is 11.8 Å². The summed E-state index contributed by atoms with van der Waals surface area (Å²) < 4.78 is 5.89. The van der Waals surface area contributed by atoms with E-state index in [0.717, 1.165) is 11.5 Å². The van der Waals surface area contributed by atoms with Gasteiger partial charge in [-0.05, 0) is 26.0 Å². The summed E-state index contributed by atoms with van der Waals surface area (Å²) >= 11 is 1.93. The van der Waals surface area contributed by atoms with Crippen molar-refractivity contribution in [2.24, 2.45) is 0 Å². The molecule has 0 fully saturated rings. The Morgan fingerprint density at radius 1 is 1.20 bits per heavy atom. The van der Waals surface area contributed by atoms with Gasteiger partial charge >= 0.3 is 0 Å². The van der Waals surface area contributed by atoms with Crippen LogP contribution < -0.4 is 0 Å². The second-order valence-electron chi connectivity index (χ2n) is 5.04. The van der Waals surface area contributed by atoms with Crippen LogP contribution in [0.5, 0.6) is 0 Å². The molecule has 0 amide bonds. The molecule has 0 unspecified atom stereocenters. The summed E-state index contributed by atoms with van der Waals surface area (Å²) in [5.41, 5.74) is 1.42. The molecule has 1 aromatic heterocycles. The molecule has 0 spiro atoms. The molecule has 0 atom stereocenters. The molecule has 0 aliphatic carbocycles. The van der Waals surface area contributed by atoms with Gasteiger partial charge in [-0.25, -0.2) is 0 Å². The number of rotatable bonds is 3. The van der Waals surface area contributed by atoms with Gasteiger partial charge in [-0.3, -0.25) is 0 Å². The van der Waals surface area contributed by atoms with E-state index in [1.165, 1.54) is 22.6 Å². The highest BCUT2D eigenvalue weighted by Gasteiger charge is 2.25. The minimum absolute atomic E-state index is 0.106. The minimum atomic E-state index is 0.106. The second-order valence-corrected chi connectivity index (χ2v) is 6.15. The SMILES string of the molecule is CCCSc1c(C(C)(C)C)oc(C)c1C. The molecule has 1 nitrogen and oxygen atoms in total. The van der Waals surface area contributed by atoms with Gasteiger partial charge in [-0.2, -0.15) is 0 Å². The maximum Gasteiger partial charge on any atom is 0.123 e. The molecule has 0 aromatic carbocycles. The first-order valence-electron chi connectivity index (χ1n) is 5.61. The fourth-order valence-electron chi connectivity index (χ4n) is 1.48. The van der Waals surface area contributed by atoms with Crippen LogP contribution in [-0.2, 0) is 5.41 Å². The fraction of sp³-hybridized carbons (Fsp3) is 0.692. The number of furan rings is 1. The first kappa shape index (κ1) is 12.7. The third-order valence-electron chi connectivity index (χ3n) is 2.46. The Balaban J connectivity index is 3.10. The van der Waals surface area contributed by atoms with Crippen LogP contribution in [0, 0.1) is 13.8 Å². The topological polar surface area (TPSA) is 13.1 Å². The zero-order valence-corrected chi connectivity index (χ0v) is 11.5.